The molecule has 148 valence electrons. The number of morpholine rings is 1. The molecule has 1 aromatic rings. The number of halogens is 3. The van der Waals surface area contributed by atoms with Crippen LogP contribution in [0.3, 0.4) is 0 Å². The highest BCUT2D eigenvalue weighted by atomic mass is 127. The van der Waals surface area contributed by atoms with Gasteiger partial charge in [-0.05, 0) is 38.0 Å². The second kappa shape index (κ2) is 13.0. The molecule has 0 radical (unpaired) electrons. The van der Waals surface area contributed by atoms with Crippen molar-refractivity contribution in [2.75, 3.05) is 45.9 Å². The molecule has 1 fully saturated rings. The van der Waals surface area contributed by atoms with Crippen LogP contribution >= 0.6 is 47.2 Å². The van der Waals surface area contributed by atoms with Crippen molar-refractivity contribution in [2.24, 2.45) is 4.99 Å². The van der Waals surface area contributed by atoms with Crippen LogP contribution in [-0.2, 0) is 4.74 Å². The molecule has 1 unspecified atom stereocenters. The van der Waals surface area contributed by atoms with E-state index in [1.54, 1.807) is 6.07 Å². The second-order valence-corrected chi connectivity index (χ2v) is 6.94. The Bertz CT molecular complexity index is 568. The monoisotopic (exact) mass is 514 g/mol. The van der Waals surface area contributed by atoms with E-state index in [9.17, 15) is 0 Å². The van der Waals surface area contributed by atoms with Crippen LogP contribution in [0.25, 0.3) is 0 Å². The first-order valence-corrected chi connectivity index (χ1v) is 9.65. The Balaban J connectivity index is 0.00000338. The molecule has 1 aliphatic heterocycles. The first kappa shape index (κ1) is 23.8. The molecular formula is C18H29Cl2IN4O. The fraction of sp³-hybridized carbons (Fsp3) is 0.611. The van der Waals surface area contributed by atoms with E-state index in [-0.39, 0.29) is 30.0 Å². The molecule has 0 spiro atoms. The molecule has 0 aliphatic carbocycles. The number of rotatable bonds is 7. The van der Waals surface area contributed by atoms with E-state index in [2.05, 4.69) is 34.4 Å². The summed E-state index contributed by atoms with van der Waals surface area (Å²) in [7, 11) is 0. The number of benzene rings is 1. The van der Waals surface area contributed by atoms with Crippen molar-refractivity contribution in [2.45, 2.75) is 26.3 Å². The standard InChI is InChI=1S/C18H28Cl2N4O.HI/c1-3-21-18(22-7-4-8-24-9-11-25-12-10-24)23-14(2)16-6-5-15(19)13-17(16)20;/h5-6,13-14H,3-4,7-12H2,1-2H3,(H2,21,22,23);1H. The fourth-order valence-corrected chi connectivity index (χ4v) is 3.34. The normalized spacial score (nSPS) is 16.7. The average Bonchev–Trinajstić information content (AvgIpc) is 2.59. The van der Waals surface area contributed by atoms with E-state index in [1.165, 1.54) is 0 Å². The second-order valence-electron chi connectivity index (χ2n) is 6.10. The average molecular weight is 515 g/mol. The van der Waals surface area contributed by atoms with E-state index in [0.717, 1.165) is 63.9 Å². The fourth-order valence-electron chi connectivity index (χ4n) is 2.77. The van der Waals surface area contributed by atoms with E-state index >= 15 is 0 Å². The van der Waals surface area contributed by atoms with Crippen molar-refractivity contribution in [1.29, 1.82) is 0 Å². The SMILES string of the molecule is CCNC(=NCCCN1CCOCC1)NC(C)c1ccc(Cl)cc1Cl.I. The minimum absolute atomic E-state index is 0. The molecule has 0 saturated carbocycles. The Kier molecular flexibility index (Phi) is 11.9. The van der Waals surface area contributed by atoms with Crippen molar-refractivity contribution in [3.05, 3.63) is 33.8 Å². The molecule has 1 heterocycles. The molecule has 1 aromatic carbocycles. The first-order chi connectivity index (χ1) is 12.1. The molecule has 2 N–H and O–H groups in total. The van der Waals surface area contributed by atoms with Crippen LogP contribution in [0.4, 0.5) is 0 Å². The Morgan fingerprint density at radius 3 is 2.69 bits per heavy atom. The predicted molar refractivity (Wildman–Crippen MR) is 121 cm³/mol. The first-order valence-electron chi connectivity index (χ1n) is 8.90. The maximum Gasteiger partial charge on any atom is 0.191 e. The molecule has 2 rings (SSSR count). The van der Waals surface area contributed by atoms with Gasteiger partial charge in [-0.2, -0.15) is 0 Å². The van der Waals surface area contributed by atoms with Crippen molar-refractivity contribution < 1.29 is 4.74 Å². The Hall–Kier alpha value is -0.280. The van der Waals surface area contributed by atoms with Gasteiger partial charge in [-0.1, -0.05) is 29.3 Å². The lowest BCUT2D eigenvalue weighted by Crippen LogP contribution is -2.39. The molecule has 1 saturated heterocycles. The molecule has 26 heavy (non-hydrogen) atoms. The van der Waals surface area contributed by atoms with Crippen LogP contribution in [-0.4, -0.2) is 56.8 Å². The van der Waals surface area contributed by atoms with Gasteiger partial charge < -0.3 is 15.4 Å². The molecular weight excluding hydrogens is 486 g/mol. The summed E-state index contributed by atoms with van der Waals surface area (Å²) in [6.45, 7) is 10.5. The minimum Gasteiger partial charge on any atom is -0.379 e. The molecule has 0 amide bonds. The molecule has 1 aliphatic rings. The van der Waals surface area contributed by atoms with Crippen LogP contribution < -0.4 is 10.6 Å². The van der Waals surface area contributed by atoms with Gasteiger partial charge in [-0.25, -0.2) is 0 Å². The Morgan fingerprint density at radius 2 is 2.04 bits per heavy atom. The smallest absolute Gasteiger partial charge is 0.191 e. The van der Waals surface area contributed by atoms with Crippen molar-refractivity contribution >= 4 is 53.1 Å². The molecule has 5 nitrogen and oxygen atoms in total. The summed E-state index contributed by atoms with van der Waals surface area (Å²) in [4.78, 5) is 7.10. The summed E-state index contributed by atoms with van der Waals surface area (Å²) in [5.41, 5.74) is 1.00. The summed E-state index contributed by atoms with van der Waals surface area (Å²) in [6.07, 6.45) is 1.03. The van der Waals surface area contributed by atoms with Gasteiger partial charge in [0.25, 0.3) is 0 Å². The quantitative estimate of drug-likeness (QED) is 0.250. The summed E-state index contributed by atoms with van der Waals surface area (Å²) < 4.78 is 5.37. The molecule has 0 aromatic heterocycles. The van der Waals surface area contributed by atoms with Crippen LogP contribution in [0.5, 0.6) is 0 Å². The maximum atomic E-state index is 6.30. The van der Waals surface area contributed by atoms with Crippen molar-refractivity contribution in [3.8, 4) is 0 Å². The predicted octanol–water partition coefficient (Wildman–Crippen LogP) is 3.95. The van der Waals surface area contributed by atoms with Crippen molar-refractivity contribution in [3.63, 3.8) is 0 Å². The van der Waals surface area contributed by atoms with E-state index in [1.807, 2.05) is 12.1 Å². The zero-order valence-corrected chi connectivity index (χ0v) is 19.3. The van der Waals surface area contributed by atoms with Gasteiger partial charge in [-0.15, -0.1) is 24.0 Å². The summed E-state index contributed by atoms with van der Waals surface area (Å²) in [6, 6.07) is 5.61. The summed E-state index contributed by atoms with van der Waals surface area (Å²) in [5, 5.41) is 8.01. The number of guanidine groups is 1. The lowest BCUT2D eigenvalue weighted by molar-refractivity contribution is 0.0377. The van der Waals surface area contributed by atoms with Crippen LogP contribution in [0, 0.1) is 0 Å². The summed E-state index contributed by atoms with van der Waals surface area (Å²) >= 11 is 12.3. The molecule has 8 heteroatoms. The Labute approximate surface area is 183 Å². The number of nitrogens with one attached hydrogen (secondary N) is 2. The Morgan fingerprint density at radius 1 is 1.31 bits per heavy atom. The van der Waals surface area contributed by atoms with Crippen molar-refractivity contribution in [1.82, 2.24) is 15.5 Å². The highest BCUT2D eigenvalue weighted by Gasteiger charge is 2.12. The highest BCUT2D eigenvalue weighted by Crippen LogP contribution is 2.25. The van der Waals surface area contributed by atoms with E-state index in [4.69, 9.17) is 27.9 Å². The largest absolute Gasteiger partial charge is 0.379 e. The number of ether oxygens (including phenoxy) is 1. The lowest BCUT2D eigenvalue weighted by Gasteiger charge is -2.26. The van der Waals surface area contributed by atoms with Gasteiger partial charge in [0, 0.05) is 42.8 Å². The van der Waals surface area contributed by atoms with Gasteiger partial charge in [0.2, 0.25) is 0 Å². The third kappa shape index (κ3) is 8.17. The molecule has 1 atom stereocenters. The zero-order chi connectivity index (χ0) is 18.1. The number of hydrogen-bond donors (Lipinski definition) is 2. The summed E-state index contributed by atoms with van der Waals surface area (Å²) in [5.74, 6) is 0.808. The van der Waals surface area contributed by atoms with Gasteiger partial charge in [0.05, 0.1) is 19.3 Å². The number of hydrogen-bond acceptors (Lipinski definition) is 3. The minimum atomic E-state index is 0. The third-order valence-electron chi connectivity index (χ3n) is 4.13. The zero-order valence-electron chi connectivity index (χ0n) is 15.4. The lowest BCUT2D eigenvalue weighted by atomic mass is 10.1. The number of nitrogens with zero attached hydrogens (tertiary/aromatic N) is 2. The van der Waals surface area contributed by atoms with Gasteiger partial charge in [0.1, 0.15) is 0 Å². The highest BCUT2D eigenvalue weighted by molar-refractivity contribution is 14.0. The van der Waals surface area contributed by atoms with Gasteiger partial charge in [0.15, 0.2) is 5.96 Å². The number of aliphatic imine (C=N–C) groups is 1. The van der Waals surface area contributed by atoms with Crippen LogP contribution in [0.15, 0.2) is 23.2 Å². The topological polar surface area (TPSA) is 48.9 Å². The molecule has 0 bridgehead atoms. The third-order valence-corrected chi connectivity index (χ3v) is 4.69. The van der Waals surface area contributed by atoms with E-state index < -0.39 is 0 Å². The van der Waals surface area contributed by atoms with Gasteiger partial charge >= 0.3 is 0 Å². The van der Waals surface area contributed by atoms with Crippen LogP contribution in [0.1, 0.15) is 31.9 Å². The van der Waals surface area contributed by atoms with Crippen LogP contribution in [0.2, 0.25) is 10.0 Å². The van der Waals surface area contributed by atoms with E-state index in [0.29, 0.717) is 10.0 Å². The maximum absolute atomic E-state index is 6.30. The van der Waals surface area contributed by atoms with Gasteiger partial charge in [-0.3, -0.25) is 9.89 Å².